The van der Waals surface area contributed by atoms with Crippen LogP contribution < -0.4 is 5.32 Å². The second-order valence-corrected chi connectivity index (χ2v) is 16.8. The van der Waals surface area contributed by atoms with Gasteiger partial charge in [-0.25, -0.2) is 4.57 Å². The number of amides is 1. The predicted molar refractivity (Wildman–Crippen MR) is 211 cm³/mol. The van der Waals surface area contributed by atoms with Crippen LogP contribution in [-0.4, -0.2) is 108 Å². The van der Waals surface area contributed by atoms with Crippen molar-refractivity contribution in [2.45, 2.75) is 229 Å². The Morgan fingerprint density at radius 3 is 1.52 bits per heavy atom. The van der Waals surface area contributed by atoms with Crippen molar-refractivity contribution in [2.24, 2.45) is 0 Å². The number of unbranched alkanes of at least 4 members (excludes halogenated alkanes) is 21. The van der Waals surface area contributed by atoms with Crippen LogP contribution in [0.4, 0.5) is 0 Å². The zero-order valence-corrected chi connectivity index (χ0v) is 34.3. The number of aliphatic hydroxyl groups is 7. The molecular weight excluding hydrogens is 717 g/mol. The number of carbonyl (C=O) groups is 1. The number of rotatable bonds is 34. The lowest BCUT2D eigenvalue weighted by molar-refractivity contribution is -0.220. The lowest BCUT2D eigenvalue weighted by Crippen LogP contribution is -2.64. The number of carbonyl (C=O) groups excluding carboxylic acids is 1. The minimum Gasteiger partial charge on any atom is -0.393 e. The molecular formula is C40H78NO12P. The first-order valence-corrected chi connectivity index (χ1v) is 22.7. The van der Waals surface area contributed by atoms with Gasteiger partial charge in [0.05, 0.1) is 31.3 Å². The first-order valence-electron chi connectivity index (χ1n) is 21.2. The highest BCUT2D eigenvalue weighted by atomic mass is 31.2. The smallest absolute Gasteiger partial charge is 0.393 e. The van der Waals surface area contributed by atoms with Crippen molar-refractivity contribution in [1.82, 2.24) is 5.32 Å². The minimum absolute atomic E-state index is 0.241. The molecule has 1 aliphatic carbocycles. The summed E-state index contributed by atoms with van der Waals surface area (Å²) in [5.41, 5.74) is 0. The Hall–Kier alpha value is -0.960. The number of hydrogen-bond donors (Lipinski definition) is 9. The molecule has 8 unspecified atom stereocenters. The molecule has 0 heterocycles. The molecule has 1 aliphatic rings. The van der Waals surface area contributed by atoms with Crippen LogP contribution in [0.2, 0.25) is 0 Å². The molecule has 1 fully saturated rings. The van der Waals surface area contributed by atoms with Crippen molar-refractivity contribution in [3.8, 4) is 0 Å². The Kier molecular flexibility index (Phi) is 29.4. The van der Waals surface area contributed by atoms with E-state index in [0.717, 1.165) is 57.8 Å². The van der Waals surface area contributed by atoms with Crippen LogP contribution >= 0.6 is 7.82 Å². The SMILES string of the molecule is CCCCCCCC/C=C/C(O)C(COP(=O)(O)OC1C(O)C(O)C(O)C(O)C1O)NC(=O)CC(O)CCCCCCCCCCCCCCCCCC. The van der Waals surface area contributed by atoms with Crippen molar-refractivity contribution in [3.63, 3.8) is 0 Å². The molecule has 1 saturated carbocycles. The Bertz CT molecular complexity index is 990. The molecule has 54 heavy (non-hydrogen) atoms. The topological polar surface area (TPSA) is 226 Å². The van der Waals surface area contributed by atoms with E-state index in [9.17, 15) is 50.0 Å². The highest BCUT2D eigenvalue weighted by molar-refractivity contribution is 7.47. The molecule has 9 N–H and O–H groups in total. The number of hydrogen-bond acceptors (Lipinski definition) is 11. The highest BCUT2D eigenvalue weighted by Gasteiger charge is 2.51. The maximum atomic E-state index is 12.9. The van der Waals surface area contributed by atoms with E-state index in [4.69, 9.17) is 9.05 Å². The van der Waals surface area contributed by atoms with Gasteiger partial charge in [-0.2, -0.15) is 0 Å². The van der Waals surface area contributed by atoms with Crippen LogP contribution in [-0.2, 0) is 18.4 Å². The number of phosphoric ester groups is 1. The lowest BCUT2D eigenvalue weighted by atomic mass is 9.85. The fraction of sp³-hybridized carbons (Fsp3) is 0.925. The molecule has 320 valence electrons. The molecule has 0 aliphatic heterocycles. The summed E-state index contributed by atoms with van der Waals surface area (Å²) in [4.78, 5) is 23.3. The van der Waals surface area contributed by atoms with Gasteiger partial charge in [-0.05, 0) is 19.3 Å². The molecule has 0 saturated heterocycles. The molecule has 1 amide bonds. The maximum absolute atomic E-state index is 12.9. The predicted octanol–water partition coefficient (Wildman–Crippen LogP) is 5.86. The molecule has 1 rings (SSSR count). The highest BCUT2D eigenvalue weighted by Crippen LogP contribution is 2.47. The molecule has 0 aromatic heterocycles. The van der Waals surface area contributed by atoms with E-state index >= 15 is 0 Å². The van der Waals surface area contributed by atoms with Crippen LogP contribution in [0.25, 0.3) is 0 Å². The van der Waals surface area contributed by atoms with Gasteiger partial charge >= 0.3 is 7.82 Å². The third-order valence-electron chi connectivity index (χ3n) is 10.4. The summed E-state index contributed by atoms with van der Waals surface area (Å²) in [6, 6.07) is -1.23. The number of aliphatic hydroxyl groups excluding tert-OH is 7. The lowest BCUT2D eigenvalue weighted by Gasteiger charge is -2.41. The summed E-state index contributed by atoms with van der Waals surface area (Å²) in [6.07, 6.45) is 16.3. The van der Waals surface area contributed by atoms with E-state index in [1.807, 2.05) is 0 Å². The van der Waals surface area contributed by atoms with Gasteiger partial charge < -0.3 is 46.0 Å². The van der Waals surface area contributed by atoms with E-state index in [0.29, 0.717) is 12.8 Å². The summed E-state index contributed by atoms with van der Waals surface area (Å²) < 4.78 is 22.7. The summed E-state index contributed by atoms with van der Waals surface area (Å²) in [7, 11) is -5.12. The number of nitrogens with one attached hydrogen (secondary N) is 1. The fourth-order valence-corrected chi connectivity index (χ4v) is 7.79. The van der Waals surface area contributed by atoms with Gasteiger partial charge in [0.25, 0.3) is 0 Å². The summed E-state index contributed by atoms with van der Waals surface area (Å²) in [6.45, 7) is 3.66. The number of allylic oxidation sites excluding steroid dienone is 1. The zero-order chi connectivity index (χ0) is 40.2. The first-order chi connectivity index (χ1) is 25.8. The van der Waals surface area contributed by atoms with Gasteiger partial charge in [0.1, 0.15) is 36.6 Å². The van der Waals surface area contributed by atoms with E-state index in [1.54, 1.807) is 6.08 Å². The van der Waals surface area contributed by atoms with Crippen molar-refractivity contribution >= 4 is 13.7 Å². The third kappa shape index (κ3) is 23.3. The molecule has 13 nitrogen and oxygen atoms in total. The normalized spacial score (nSPS) is 24.7. The van der Waals surface area contributed by atoms with Crippen LogP contribution in [0.5, 0.6) is 0 Å². The van der Waals surface area contributed by atoms with Crippen molar-refractivity contribution in [2.75, 3.05) is 6.61 Å². The molecule has 0 bridgehead atoms. The van der Waals surface area contributed by atoms with Crippen LogP contribution in [0.15, 0.2) is 12.2 Å². The molecule has 0 aromatic rings. The van der Waals surface area contributed by atoms with Crippen molar-refractivity contribution in [3.05, 3.63) is 12.2 Å². The van der Waals surface area contributed by atoms with E-state index < -0.39 is 75.2 Å². The zero-order valence-electron chi connectivity index (χ0n) is 33.4. The summed E-state index contributed by atoms with van der Waals surface area (Å²) in [5, 5.41) is 74.0. The van der Waals surface area contributed by atoms with Gasteiger partial charge in [0, 0.05) is 0 Å². The van der Waals surface area contributed by atoms with Crippen LogP contribution in [0, 0.1) is 0 Å². The third-order valence-corrected chi connectivity index (χ3v) is 11.4. The number of phosphoric acid groups is 1. The van der Waals surface area contributed by atoms with Gasteiger partial charge in [0.2, 0.25) is 5.91 Å². The Morgan fingerprint density at radius 2 is 1.06 bits per heavy atom. The standard InChI is InChI=1S/C40H78NO12P/c1-3-5-7-9-11-13-14-15-16-17-18-19-20-21-23-25-27-31(42)29-34(44)41-32(33(43)28-26-24-22-12-10-8-6-4-2)30-52-54(50,51)53-40-38(48)36(46)35(45)37(47)39(40)49/h26,28,31-33,35-40,42-43,45-49H,3-25,27,29-30H2,1-2H3,(H,41,44)(H,50,51)/b28-26+. The van der Waals surface area contributed by atoms with E-state index in [2.05, 4.69) is 19.2 Å². The Balaban J connectivity index is 2.51. The Morgan fingerprint density at radius 1 is 0.648 bits per heavy atom. The molecule has 0 spiro atoms. The first kappa shape index (κ1) is 51.1. The largest absolute Gasteiger partial charge is 0.472 e. The maximum Gasteiger partial charge on any atom is 0.472 e. The summed E-state index contributed by atoms with van der Waals surface area (Å²) in [5.74, 6) is -0.594. The quantitative estimate of drug-likeness (QED) is 0.0212. The monoisotopic (exact) mass is 796 g/mol. The van der Waals surface area contributed by atoms with Crippen molar-refractivity contribution in [1.29, 1.82) is 0 Å². The van der Waals surface area contributed by atoms with Gasteiger partial charge in [0.15, 0.2) is 0 Å². The molecule has 14 heteroatoms. The van der Waals surface area contributed by atoms with Gasteiger partial charge in [-0.15, -0.1) is 0 Å². The average molecular weight is 796 g/mol. The second-order valence-electron chi connectivity index (χ2n) is 15.4. The van der Waals surface area contributed by atoms with Crippen LogP contribution in [0.1, 0.15) is 174 Å². The summed E-state index contributed by atoms with van der Waals surface area (Å²) >= 11 is 0. The van der Waals surface area contributed by atoms with E-state index in [1.165, 1.54) is 89.5 Å². The van der Waals surface area contributed by atoms with Gasteiger partial charge in [-0.1, -0.05) is 161 Å². The Labute approximate surface area is 325 Å². The van der Waals surface area contributed by atoms with Crippen LogP contribution in [0.3, 0.4) is 0 Å². The van der Waals surface area contributed by atoms with E-state index in [-0.39, 0.29) is 6.42 Å². The average Bonchev–Trinajstić information content (AvgIpc) is 3.14. The molecule has 0 aromatic carbocycles. The second kappa shape index (κ2) is 31.1. The molecule has 8 atom stereocenters. The fourth-order valence-electron chi connectivity index (χ4n) is 6.83. The van der Waals surface area contributed by atoms with Crippen molar-refractivity contribution < 1.29 is 59.0 Å². The van der Waals surface area contributed by atoms with Gasteiger partial charge in [-0.3, -0.25) is 13.8 Å². The minimum atomic E-state index is -5.12. The molecule has 0 radical (unpaired) electrons.